The van der Waals surface area contributed by atoms with Crippen molar-refractivity contribution in [3.63, 3.8) is 0 Å². The fourth-order valence-corrected chi connectivity index (χ4v) is 3.62. The van der Waals surface area contributed by atoms with Crippen molar-refractivity contribution < 1.29 is 4.79 Å². The summed E-state index contributed by atoms with van der Waals surface area (Å²) >= 11 is 0. The smallest absolute Gasteiger partial charge is 0.181 e. The van der Waals surface area contributed by atoms with Crippen molar-refractivity contribution in [1.82, 2.24) is 9.88 Å². The van der Waals surface area contributed by atoms with Crippen LogP contribution in [0.4, 0.5) is 0 Å². The molecule has 3 heteroatoms. The molecule has 1 aromatic heterocycles. The van der Waals surface area contributed by atoms with Gasteiger partial charge in [0.2, 0.25) is 0 Å². The molecule has 0 bridgehead atoms. The van der Waals surface area contributed by atoms with Crippen LogP contribution in [0.25, 0.3) is 10.9 Å². The summed E-state index contributed by atoms with van der Waals surface area (Å²) in [5.41, 5.74) is 1.87. The van der Waals surface area contributed by atoms with Crippen molar-refractivity contribution in [1.29, 1.82) is 0 Å². The minimum Gasteiger partial charge on any atom is -0.360 e. The second kappa shape index (κ2) is 6.02. The molecule has 21 heavy (non-hydrogen) atoms. The Kier molecular flexibility index (Phi) is 4.11. The number of rotatable bonds is 4. The minimum atomic E-state index is -0.0329. The summed E-state index contributed by atoms with van der Waals surface area (Å²) in [5, 5.41) is 1.04. The van der Waals surface area contributed by atoms with E-state index in [1.165, 1.54) is 19.3 Å². The quantitative estimate of drug-likeness (QED) is 0.861. The highest BCUT2D eigenvalue weighted by Gasteiger charge is 2.30. The van der Waals surface area contributed by atoms with Gasteiger partial charge in [-0.25, -0.2) is 0 Å². The van der Waals surface area contributed by atoms with E-state index in [9.17, 15) is 4.79 Å². The molecule has 0 radical (unpaired) electrons. The number of benzene rings is 1. The van der Waals surface area contributed by atoms with Crippen LogP contribution in [0.5, 0.6) is 0 Å². The van der Waals surface area contributed by atoms with Crippen LogP contribution in [-0.2, 0) is 0 Å². The Hall–Kier alpha value is -1.61. The fourth-order valence-electron chi connectivity index (χ4n) is 3.62. The Balaban J connectivity index is 1.87. The van der Waals surface area contributed by atoms with E-state index >= 15 is 0 Å². The summed E-state index contributed by atoms with van der Waals surface area (Å²) in [6.07, 6.45) is 6.73. The van der Waals surface area contributed by atoms with E-state index in [1.807, 2.05) is 30.5 Å². The summed E-state index contributed by atoms with van der Waals surface area (Å²) < 4.78 is 0. The number of likely N-dealkylation sites (tertiary alicyclic amines) is 1. The molecule has 0 amide bonds. The summed E-state index contributed by atoms with van der Waals surface area (Å²) in [4.78, 5) is 18.5. The Morgan fingerprint density at radius 1 is 1.38 bits per heavy atom. The van der Waals surface area contributed by atoms with Crippen LogP contribution in [0, 0.1) is 0 Å². The molecule has 112 valence electrons. The lowest BCUT2D eigenvalue weighted by atomic mass is 9.95. The highest BCUT2D eigenvalue weighted by molar-refractivity contribution is 6.10. The number of H-pyrrole nitrogens is 1. The highest BCUT2D eigenvalue weighted by Crippen LogP contribution is 2.25. The second-order valence-corrected chi connectivity index (χ2v) is 6.08. The molecule has 0 spiro atoms. The molecule has 2 aromatic rings. The highest BCUT2D eigenvalue weighted by atomic mass is 16.1. The molecule has 3 rings (SSSR count). The lowest BCUT2D eigenvalue weighted by molar-refractivity contribution is 0.0663. The van der Waals surface area contributed by atoms with Gasteiger partial charge in [0.1, 0.15) is 0 Å². The normalized spacial score (nSPS) is 21.5. The molecule has 1 aliphatic heterocycles. The lowest BCUT2D eigenvalue weighted by Gasteiger charge is -2.38. The predicted octanol–water partition coefficient (Wildman–Crippen LogP) is 4.00. The van der Waals surface area contributed by atoms with Crippen molar-refractivity contribution in [3.05, 3.63) is 36.0 Å². The Labute approximate surface area is 126 Å². The van der Waals surface area contributed by atoms with Crippen molar-refractivity contribution in [3.8, 4) is 0 Å². The van der Waals surface area contributed by atoms with Crippen LogP contribution in [0.3, 0.4) is 0 Å². The molecule has 2 atom stereocenters. The molecular weight excluding hydrogens is 260 g/mol. The molecule has 1 aromatic carbocycles. The fraction of sp³-hybridized carbons (Fsp3) is 0.500. The van der Waals surface area contributed by atoms with Crippen LogP contribution in [0.15, 0.2) is 30.5 Å². The number of carbonyl (C=O) groups excluding carboxylic acids is 1. The zero-order chi connectivity index (χ0) is 14.8. The van der Waals surface area contributed by atoms with Gasteiger partial charge in [-0.1, -0.05) is 31.5 Å². The largest absolute Gasteiger partial charge is 0.360 e. The number of aromatic amines is 1. The molecule has 1 fully saturated rings. The molecule has 0 saturated carbocycles. The van der Waals surface area contributed by atoms with E-state index in [0.717, 1.165) is 29.4 Å². The molecule has 3 nitrogen and oxygen atoms in total. The number of nitrogens with one attached hydrogen (secondary N) is 1. The van der Waals surface area contributed by atoms with E-state index in [1.54, 1.807) is 0 Å². The van der Waals surface area contributed by atoms with Crippen LogP contribution >= 0.6 is 0 Å². The van der Waals surface area contributed by atoms with E-state index in [-0.39, 0.29) is 11.8 Å². The van der Waals surface area contributed by atoms with Crippen LogP contribution in [0.2, 0.25) is 0 Å². The zero-order valence-electron chi connectivity index (χ0n) is 12.9. The zero-order valence-corrected chi connectivity index (χ0v) is 12.9. The first-order valence-electron chi connectivity index (χ1n) is 8.08. The summed E-state index contributed by atoms with van der Waals surface area (Å²) in [5.74, 6) is 0.243. The van der Waals surface area contributed by atoms with Crippen LogP contribution < -0.4 is 0 Å². The Bertz CT molecular complexity index is 631. The number of hydrogen-bond acceptors (Lipinski definition) is 2. The number of piperidine rings is 1. The lowest BCUT2D eigenvalue weighted by Crippen LogP contribution is -2.48. The van der Waals surface area contributed by atoms with Crippen molar-refractivity contribution in [2.75, 3.05) is 6.54 Å². The van der Waals surface area contributed by atoms with Gasteiger partial charge in [0.05, 0.1) is 6.04 Å². The average Bonchev–Trinajstić information content (AvgIpc) is 2.97. The Morgan fingerprint density at radius 2 is 2.19 bits per heavy atom. The van der Waals surface area contributed by atoms with Crippen LogP contribution in [-0.4, -0.2) is 34.3 Å². The Morgan fingerprint density at radius 3 is 3.00 bits per heavy atom. The molecule has 1 N–H and O–H groups in total. The third kappa shape index (κ3) is 2.62. The van der Waals surface area contributed by atoms with Gasteiger partial charge < -0.3 is 4.98 Å². The molecule has 1 saturated heterocycles. The third-order valence-corrected chi connectivity index (χ3v) is 4.88. The topological polar surface area (TPSA) is 36.1 Å². The van der Waals surface area contributed by atoms with Gasteiger partial charge in [-0.2, -0.15) is 0 Å². The first kappa shape index (κ1) is 14.3. The number of carbonyl (C=O) groups is 1. The summed E-state index contributed by atoms with van der Waals surface area (Å²) in [6, 6.07) is 8.56. The molecule has 1 aliphatic rings. The number of para-hydroxylation sites is 1. The van der Waals surface area contributed by atoms with Crippen LogP contribution in [0.1, 0.15) is 49.9 Å². The first-order chi connectivity index (χ1) is 10.2. The van der Waals surface area contributed by atoms with Crippen molar-refractivity contribution in [2.45, 2.75) is 51.6 Å². The minimum absolute atomic E-state index is 0.0329. The number of Topliss-reactive ketones (excluding diaryl/α,β-unsaturated/α-hetero) is 1. The van der Waals surface area contributed by atoms with Gasteiger partial charge in [0.15, 0.2) is 5.78 Å². The van der Waals surface area contributed by atoms with Gasteiger partial charge in [0, 0.05) is 28.7 Å². The molecule has 0 aliphatic carbocycles. The summed E-state index contributed by atoms with van der Waals surface area (Å²) in [7, 11) is 0. The first-order valence-corrected chi connectivity index (χ1v) is 8.08. The number of hydrogen-bond donors (Lipinski definition) is 1. The van der Waals surface area contributed by atoms with Crippen molar-refractivity contribution >= 4 is 16.7 Å². The number of nitrogens with zero attached hydrogens (tertiary/aromatic N) is 1. The maximum Gasteiger partial charge on any atom is 0.181 e. The van der Waals surface area contributed by atoms with E-state index in [4.69, 9.17) is 0 Å². The van der Waals surface area contributed by atoms with E-state index in [2.05, 4.69) is 23.7 Å². The number of aromatic nitrogens is 1. The second-order valence-electron chi connectivity index (χ2n) is 6.08. The van der Waals surface area contributed by atoms with E-state index < -0.39 is 0 Å². The summed E-state index contributed by atoms with van der Waals surface area (Å²) in [6.45, 7) is 5.34. The van der Waals surface area contributed by atoms with E-state index in [0.29, 0.717) is 6.04 Å². The molecule has 0 unspecified atom stereocenters. The van der Waals surface area contributed by atoms with Gasteiger partial charge in [-0.05, 0) is 38.8 Å². The third-order valence-electron chi connectivity index (χ3n) is 4.88. The van der Waals surface area contributed by atoms with Crippen molar-refractivity contribution in [2.24, 2.45) is 0 Å². The van der Waals surface area contributed by atoms with Gasteiger partial charge >= 0.3 is 0 Å². The molecule has 2 heterocycles. The average molecular weight is 284 g/mol. The number of ketones is 1. The molecular formula is C18H24N2O. The standard InChI is InChI=1S/C18H24N2O/c1-3-14-8-6-7-11-20(14)13(2)18(21)16-12-19-17-10-5-4-9-15(16)17/h4-5,9-10,12-14,19H,3,6-8,11H2,1-2H3/t13-,14+/m0/s1. The maximum atomic E-state index is 12.9. The predicted molar refractivity (Wildman–Crippen MR) is 86.7 cm³/mol. The van der Waals surface area contributed by atoms with Gasteiger partial charge in [-0.15, -0.1) is 0 Å². The maximum absolute atomic E-state index is 12.9. The van der Waals surface area contributed by atoms with Gasteiger partial charge in [-0.3, -0.25) is 9.69 Å². The SMILES string of the molecule is CC[C@@H]1CCCCN1[C@@H](C)C(=O)c1c[nH]c2ccccc12. The van der Waals surface area contributed by atoms with Gasteiger partial charge in [0.25, 0.3) is 0 Å². The monoisotopic (exact) mass is 284 g/mol. The number of fused-ring (bicyclic) bond motifs is 1.